The Balaban J connectivity index is 1.64. The van der Waals surface area contributed by atoms with Gasteiger partial charge < -0.3 is 15.2 Å². The van der Waals surface area contributed by atoms with Gasteiger partial charge in [0, 0.05) is 25.6 Å². The van der Waals surface area contributed by atoms with Crippen molar-refractivity contribution >= 4 is 29.7 Å². The van der Waals surface area contributed by atoms with E-state index in [2.05, 4.69) is 17.4 Å². The second kappa shape index (κ2) is 9.67. The van der Waals surface area contributed by atoms with Crippen molar-refractivity contribution in [3.63, 3.8) is 0 Å². The molecular formula is C22H24N2O5S. The molecule has 1 atom stereocenters. The summed E-state index contributed by atoms with van der Waals surface area (Å²) < 4.78 is 5.52. The number of carbonyl (C=O) groups is 3. The van der Waals surface area contributed by atoms with E-state index in [1.54, 1.807) is 0 Å². The van der Waals surface area contributed by atoms with E-state index in [-0.39, 0.29) is 30.1 Å². The molecule has 1 aliphatic carbocycles. The summed E-state index contributed by atoms with van der Waals surface area (Å²) >= 11 is 1.23. The molecule has 2 aromatic rings. The van der Waals surface area contributed by atoms with Gasteiger partial charge in [-0.25, -0.2) is 9.59 Å². The van der Waals surface area contributed by atoms with Gasteiger partial charge in [-0.1, -0.05) is 48.5 Å². The quantitative estimate of drug-likeness (QED) is 0.495. The van der Waals surface area contributed by atoms with Crippen molar-refractivity contribution in [2.45, 2.75) is 18.9 Å². The van der Waals surface area contributed by atoms with Gasteiger partial charge in [0.1, 0.15) is 12.6 Å². The maximum atomic E-state index is 12.6. The molecule has 0 saturated carbocycles. The minimum absolute atomic E-state index is 0.0906. The molecule has 2 aromatic carbocycles. The maximum Gasteiger partial charge on any atom is 0.410 e. The van der Waals surface area contributed by atoms with Crippen LogP contribution >= 0.6 is 11.8 Å². The van der Waals surface area contributed by atoms with Gasteiger partial charge in [0.2, 0.25) is 5.91 Å². The van der Waals surface area contributed by atoms with Crippen molar-refractivity contribution < 1.29 is 24.2 Å². The SMILES string of the molecule is CC(=O)NCSCC(C(=O)O)N(C)C(=O)OCC1c2ccccc2-c2ccccc21. The van der Waals surface area contributed by atoms with Crippen LogP contribution in [0, 0.1) is 0 Å². The molecule has 2 amide bonds. The average molecular weight is 429 g/mol. The first-order valence-corrected chi connectivity index (χ1v) is 10.7. The average Bonchev–Trinajstić information content (AvgIpc) is 3.05. The standard InChI is InChI=1S/C22H24N2O5S/c1-14(25)23-13-30-12-20(21(26)27)24(2)22(28)29-11-19-17-9-5-3-7-15(17)16-8-4-6-10-18(16)19/h3-10,19-20H,11-13H2,1-2H3,(H,23,25)(H,26,27). The molecule has 30 heavy (non-hydrogen) atoms. The van der Waals surface area contributed by atoms with Crippen LogP contribution in [0.4, 0.5) is 4.79 Å². The Bertz CT molecular complexity index is 903. The highest BCUT2D eigenvalue weighted by atomic mass is 32.2. The number of benzene rings is 2. The Morgan fingerprint density at radius 1 is 1.10 bits per heavy atom. The highest BCUT2D eigenvalue weighted by molar-refractivity contribution is 7.99. The lowest BCUT2D eigenvalue weighted by Gasteiger charge is -2.25. The van der Waals surface area contributed by atoms with Crippen molar-refractivity contribution in [3.05, 3.63) is 59.7 Å². The number of hydrogen-bond donors (Lipinski definition) is 2. The summed E-state index contributed by atoms with van der Waals surface area (Å²) in [4.78, 5) is 36.2. The summed E-state index contributed by atoms with van der Waals surface area (Å²) in [7, 11) is 1.41. The van der Waals surface area contributed by atoms with Crippen LogP contribution in [0.1, 0.15) is 24.0 Å². The molecule has 0 aliphatic heterocycles. The Labute approximate surface area is 179 Å². The number of likely N-dealkylation sites (N-methyl/N-ethyl adjacent to an activating group) is 1. The van der Waals surface area contributed by atoms with Crippen LogP contribution in [0.15, 0.2) is 48.5 Å². The number of carbonyl (C=O) groups excluding carboxylic acids is 2. The zero-order chi connectivity index (χ0) is 21.7. The molecule has 7 nitrogen and oxygen atoms in total. The second-order valence-electron chi connectivity index (χ2n) is 7.02. The zero-order valence-corrected chi connectivity index (χ0v) is 17.6. The van der Waals surface area contributed by atoms with E-state index in [0.29, 0.717) is 0 Å². The van der Waals surface area contributed by atoms with Crippen molar-refractivity contribution in [1.29, 1.82) is 0 Å². The third-order valence-corrected chi connectivity index (χ3v) is 5.98. The predicted molar refractivity (Wildman–Crippen MR) is 115 cm³/mol. The minimum atomic E-state index is -1.12. The van der Waals surface area contributed by atoms with Gasteiger partial charge in [0.05, 0.1) is 5.88 Å². The number of aliphatic carboxylic acids is 1. The fourth-order valence-corrected chi connectivity index (χ4v) is 4.51. The van der Waals surface area contributed by atoms with E-state index < -0.39 is 18.1 Å². The number of hydrogen-bond acceptors (Lipinski definition) is 5. The number of carboxylic acid groups (broad SMARTS) is 1. The van der Waals surface area contributed by atoms with Gasteiger partial charge in [-0.2, -0.15) is 0 Å². The summed E-state index contributed by atoms with van der Waals surface area (Å²) in [6.07, 6.45) is -0.690. The highest BCUT2D eigenvalue weighted by Gasteiger charge is 2.31. The summed E-state index contributed by atoms with van der Waals surface area (Å²) in [6, 6.07) is 15.0. The summed E-state index contributed by atoms with van der Waals surface area (Å²) in [5, 5.41) is 12.1. The zero-order valence-electron chi connectivity index (χ0n) is 16.8. The van der Waals surface area contributed by atoms with Crippen LogP contribution in [0.2, 0.25) is 0 Å². The monoisotopic (exact) mass is 428 g/mol. The molecule has 0 radical (unpaired) electrons. The highest BCUT2D eigenvalue weighted by Crippen LogP contribution is 2.44. The maximum absolute atomic E-state index is 12.6. The summed E-state index contributed by atoms with van der Waals surface area (Å²) in [6.45, 7) is 1.51. The van der Waals surface area contributed by atoms with Crippen LogP contribution < -0.4 is 5.32 Å². The van der Waals surface area contributed by atoms with Crippen molar-refractivity contribution in [2.75, 3.05) is 25.3 Å². The predicted octanol–water partition coefficient (Wildman–Crippen LogP) is 3.15. The topological polar surface area (TPSA) is 95.9 Å². The van der Waals surface area contributed by atoms with E-state index in [9.17, 15) is 19.5 Å². The number of nitrogens with one attached hydrogen (secondary N) is 1. The van der Waals surface area contributed by atoms with Gasteiger partial charge in [-0.05, 0) is 22.3 Å². The summed E-state index contributed by atoms with van der Waals surface area (Å²) in [5.41, 5.74) is 4.44. The third-order valence-electron chi connectivity index (χ3n) is 5.08. The number of ether oxygens (including phenoxy) is 1. The number of nitrogens with zero attached hydrogens (tertiary/aromatic N) is 1. The first-order chi connectivity index (χ1) is 14.4. The molecule has 0 saturated heterocycles. The fourth-order valence-electron chi connectivity index (χ4n) is 3.50. The number of thioether (sulfide) groups is 1. The largest absolute Gasteiger partial charge is 0.480 e. The molecule has 0 fully saturated rings. The molecule has 0 aromatic heterocycles. The number of fused-ring (bicyclic) bond motifs is 3. The Morgan fingerprint density at radius 3 is 2.20 bits per heavy atom. The van der Waals surface area contributed by atoms with Crippen LogP contribution in [0.5, 0.6) is 0 Å². The van der Waals surface area contributed by atoms with E-state index in [1.165, 1.54) is 25.7 Å². The lowest BCUT2D eigenvalue weighted by atomic mass is 9.98. The minimum Gasteiger partial charge on any atom is -0.480 e. The molecule has 1 unspecified atom stereocenters. The van der Waals surface area contributed by atoms with E-state index >= 15 is 0 Å². The Kier molecular flexibility index (Phi) is 6.99. The van der Waals surface area contributed by atoms with Crippen LogP contribution in [0.25, 0.3) is 11.1 Å². The molecule has 158 valence electrons. The molecule has 0 heterocycles. The Hall–Kier alpha value is -3.00. The van der Waals surface area contributed by atoms with Crippen LogP contribution in [-0.4, -0.2) is 59.3 Å². The molecule has 1 aliphatic rings. The number of carboxylic acids is 1. The summed E-state index contributed by atoms with van der Waals surface area (Å²) in [5.74, 6) is -0.999. The van der Waals surface area contributed by atoms with Crippen molar-refractivity contribution in [2.24, 2.45) is 0 Å². The molecule has 0 spiro atoms. The molecular weight excluding hydrogens is 404 g/mol. The number of rotatable bonds is 8. The lowest BCUT2D eigenvalue weighted by Crippen LogP contribution is -2.45. The van der Waals surface area contributed by atoms with E-state index in [4.69, 9.17) is 4.74 Å². The first kappa shape index (κ1) is 21.7. The van der Waals surface area contributed by atoms with E-state index in [0.717, 1.165) is 27.2 Å². The molecule has 8 heteroatoms. The lowest BCUT2D eigenvalue weighted by molar-refractivity contribution is -0.141. The molecule has 0 bridgehead atoms. The van der Waals surface area contributed by atoms with Gasteiger partial charge in [0.25, 0.3) is 0 Å². The van der Waals surface area contributed by atoms with Gasteiger partial charge >= 0.3 is 12.1 Å². The third kappa shape index (κ3) is 4.76. The van der Waals surface area contributed by atoms with Gasteiger partial charge in [-0.3, -0.25) is 9.69 Å². The number of amides is 2. The normalized spacial score (nSPS) is 13.1. The Morgan fingerprint density at radius 2 is 1.67 bits per heavy atom. The molecule has 2 N–H and O–H groups in total. The fraction of sp³-hybridized carbons (Fsp3) is 0.318. The molecule has 3 rings (SSSR count). The van der Waals surface area contributed by atoms with Gasteiger partial charge in [-0.15, -0.1) is 11.8 Å². The first-order valence-electron chi connectivity index (χ1n) is 9.53. The second-order valence-corrected chi connectivity index (χ2v) is 8.05. The van der Waals surface area contributed by atoms with Crippen LogP contribution in [0.3, 0.4) is 0 Å². The van der Waals surface area contributed by atoms with Crippen molar-refractivity contribution in [1.82, 2.24) is 10.2 Å². The van der Waals surface area contributed by atoms with E-state index in [1.807, 2.05) is 36.4 Å². The van der Waals surface area contributed by atoms with Crippen molar-refractivity contribution in [3.8, 4) is 11.1 Å². The van der Waals surface area contributed by atoms with Gasteiger partial charge in [0.15, 0.2) is 0 Å². The smallest absolute Gasteiger partial charge is 0.410 e. The van der Waals surface area contributed by atoms with Crippen LogP contribution in [-0.2, 0) is 14.3 Å².